The number of guanidine groups is 1. The monoisotopic (exact) mass is 405 g/mol. The van der Waals surface area contributed by atoms with Gasteiger partial charge >= 0.3 is 0 Å². The molecule has 0 saturated heterocycles. The third-order valence-electron chi connectivity index (χ3n) is 5.74. The van der Waals surface area contributed by atoms with Crippen LogP contribution in [0.25, 0.3) is 0 Å². The van der Waals surface area contributed by atoms with Gasteiger partial charge in [-0.25, -0.2) is 9.98 Å². The highest BCUT2D eigenvalue weighted by Crippen LogP contribution is 2.13. The first-order chi connectivity index (χ1) is 14.1. The van der Waals surface area contributed by atoms with Gasteiger partial charge in [0.2, 0.25) is 5.96 Å². The second kappa shape index (κ2) is 17.5. The van der Waals surface area contributed by atoms with Gasteiger partial charge in [0.1, 0.15) is 18.2 Å². The van der Waals surface area contributed by atoms with Crippen LogP contribution in [0.1, 0.15) is 117 Å². The summed E-state index contributed by atoms with van der Waals surface area (Å²) in [5, 5.41) is 0. The van der Waals surface area contributed by atoms with Crippen LogP contribution in [-0.2, 0) is 0 Å². The van der Waals surface area contributed by atoms with Gasteiger partial charge in [-0.05, 0) is 13.3 Å². The average Bonchev–Trinajstić information content (AvgIpc) is 2.87. The Bertz CT molecular complexity index is 495. The summed E-state index contributed by atoms with van der Waals surface area (Å²) < 4.78 is 0. The second-order valence-corrected chi connectivity index (χ2v) is 8.59. The summed E-state index contributed by atoms with van der Waals surface area (Å²) in [6, 6.07) is 0. The molecule has 1 aliphatic rings. The van der Waals surface area contributed by atoms with E-state index < -0.39 is 0 Å². The molecule has 0 aromatic carbocycles. The fourth-order valence-electron chi connectivity index (χ4n) is 3.83. The van der Waals surface area contributed by atoms with Crippen molar-refractivity contribution >= 4 is 17.6 Å². The molecule has 1 heterocycles. The second-order valence-electron chi connectivity index (χ2n) is 8.59. The van der Waals surface area contributed by atoms with Gasteiger partial charge < -0.3 is 10.6 Å². The lowest BCUT2D eigenvalue weighted by Gasteiger charge is -2.19. The smallest absolute Gasteiger partial charge is 0.217 e. The highest BCUT2D eigenvalue weighted by Gasteiger charge is 2.09. The van der Waals surface area contributed by atoms with Crippen molar-refractivity contribution in [1.82, 2.24) is 4.90 Å². The maximum Gasteiger partial charge on any atom is 0.217 e. The maximum absolute atomic E-state index is 5.70. The molecule has 0 unspecified atom stereocenters. The standard InChI is InChI=1S/C24H47N5/c1-4-5-6-7-8-9-10-11-12-13-14-15-16-17-18-19-20-29(3)23-21-26-24(25)28-22(2)27-23/h4-21H2,1-3H3,(H2,25,26). The van der Waals surface area contributed by atoms with Crippen molar-refractivity contribution in [3.05, 3.63) is 0 Å². The highest BCUT2D eigenvalue weighted by molar-refractivity contribution is 6.04. The number of likely N-dealkylation sites (N-methyl/N-ethyl adjacent to an activating group) is 1. The number of rotatable bonds is 17. The molecule has 1 rings (SSSR count). The maximum atomic E-state index is 5.70. The van der Waals surface area contributed by atoms with E-state index in [1.54, 1.807) is 0 Å². The van der Waals surface area contributed by atoms with E-state index in [9.17, 15) is 0 Å². The number of nitrogens with zero attached hydrogens (tertiary/aromatic N) is 4. The molecule has 5 heteroatoms. The molecular formula is C24H47N5. The van der Waals surface area contributed by atoms with Gasteiger partial charge in [-0.2, -0.15) is 4.99 Å². The van der Waals surface area contributed by atoms with Crippen LogP contribution in [0.5, 0.6) is 0 Å². The van der Waals surface area contributed by atoms with Crippen molar-refractivity contribution in [2.24, 2.45) is 20.7 Å². The first-order valence-electron chi connectivity index (χ1n) is 12.3. The fourth-order valence-corrected chi connectivity index (χ4v) is 3.83. The molecule has 0 amide bonds. The van der Waals surface area contributed by atoms with Crippen molar-refractivity contribution in [3.8, 4) is 0 Å². The normalized spacial score (nSPS) is 14.2. The minimum atomic E-state index is 0.331. The number of nitrogens with two attached hydrogens (primary N) is 1. The third kappa shape index (κ3) is 14.3. The number of hydrogen-bond donors (Lipinski definition) is 1. The first kappa shape index (κ1) is 25.6. The molecule has 2 N–H and O–H groups in total. The van der Waals surface area contributed by atoms with Gasteiger partial charge in [0.25, 0.3) is 0 Å². The largest absolute Gasteiger partial charge is 0.368 e. The minimum absolute atomic E-state index is 0.331. The van der Waals surface area contributed by atoms with Gasteiger partial charge in [-0.3, -0.25) is 0 Å². The fraction of sp³-hybridized carbons (Fsp3) is 0.875. The van der Waals surface area contributed by atoms with Gasteiger partial charge in [-0.15, -0.1) is 0 Å². The zero-order valence-electron chi connectivity index (χ0n) is 19.6. The van der Waals surface area contributed by atoms with Crippen molar-refractivity contribution in [2.75, 3.05) is 20.1 Å². The Labute approximate surface area is 180 Å². The highest BCUT2D eigenvalue weighted by atomic mass is 15.2. The molecule has 0 aliphatic carbocycles. The topological polar surface area (TPSA) is 66.3 Å². The quantitative estimate of drug-likeness (QED) is 0.287. The number of amidine groups is 2. The van der Waals surface area contributed by atoms with Gasteiger partial charge in [0.05, 0.1) is 0 Å². The van der Waals surface area contributed by atoms with Crippen LogP contribution in [0.4, 0.5) is 0 Å². The van der Waals surface area contributed by atoms with Crippen molar-refractivity contribution < 1.29 is 0 Å². The molecular weight excluding hydrogens is 358 g/mol. The summed E-state index contributed by atoms with van der Waals surface area (Å²) in [7, 11) is 2.09. The van der Waals surface area contributed by atoms with Crippen LogP contribution in [0, 0.1) is 0 Å². The Hall–Kier alpha value is -1.39. The molecule has 168 valence electrons. The molecule has 0 atom stereocenters. The predicted octanol–water partition coefficient (Wildman–Crippen LogP) is 6.32. The number of aliphatic imine (C=N–C) groups is 3. The van der Waals surface area contributed by atoms with E-state index in [2.05, 4.69) is 33.8 Å². The summed E-state index contributed by atoms with van der Waals surface area (Å²) in [6.45, 7) is 5.72. The molecule has 0 saturated carbocycles. The molecule has 5 nitrogen and oxygen atoms in total. The van der Waals surface area contributed by atoms with Crippen LogP contribution in [0.15, 0.2) is 15.0 Å². The van der Waals surface area contributed by atoms with Crippen LogP contribution in [0.2, 0.25) is 0 Å². The molecule has 0 bridgehead atoms. The SMILES string of the molecule is CCCCCCCCCCCCCCCCCCN(C)C1=NC(C)=NC(N)=NC1. The summed E-state index contributed by atoms with van der Waals surface area (Å²) in [5.74, 6) is 1.99. The third-order valence-corrected chi connectivity index (χ3v) is 5.74. The first-order valence-corrected chi connectivity index (χ1v) is 12.3. The van der Waals surface area contributed by atoms with Crippen LogP contribution in [0.3, 0.4) is 0 Å². The van der Waals surface area contributed by atoms with Crippen molar-refractivity contribution in [1.29, 1.82) is 0 Å². The molecule has 0 radical (unpaired) electrons. The van der Waals surface area contributed by atoms with E-state index >= 15 is 0 Å². The number of hydrogen-bond acceptors (Lipinski definition) is 5. The number of unbranched alkanes of at least 4 members (excludes halogenated alkanes) is 15. The molecule has 0 aromatic heterocycles. The summed E-state index contributed by atoms with van der Waals surface area (Å²) in [5.41, 5.74) is 5.70. The summed E-state index contributed by atoms with van der Waals surface area (Å²) >= 11 is 0. The van der Waals surface area contributed by atoms with Crippen LogP contribution < -0.4 is 5.73 Å². The molecule has 0 aromatic rings. The lowest BCUT2D eigenvalue weighted by atomic mass is 10.0. The molecule has 29 heavy (non-hydrogen) atoms. The minimum Gasteiger partial charge on any atom is -0.368 e. The van der Waals surface area contributed by atoms with Gasteiger partial charge in [0, 0.05) is 13.6 Å². The molecule has 0 spiro atoms. The van der Waals surface area contributed by atoms with Gasteiger partial charge in [0.15, 0.2) is 0 Å². The Kier molecular flexibility index (Phi) is 15.4. The van der Waals surface area contributed by atoms with Gasteiger partial charge in [-0.1, -0.05) is 103 Å². The summed E-state index contributed by atoms with van der Waals surface area (Å²) in [4.78, 5) is 15.1. The Balaban J connectivity index is 1.87. The Morgan fingerprint density at radius 2 is 1.17 bits per heavy atom. The van der Waals surface area contributed by atoms with E-state index in [1.165, 1.54) is 103 Å². The van der Waals surface area contributed by atoms with Crippen molar-refractivity contribution in [3.63, 3.8) is 0 Å². The zero-order chi connectivity index (χ0) is 21.2. The lowest BCUT2D eigenvalue weighted by Crippen LogP contribution is -2.30. The molecule has 1 aliphatic heterocycles. The van der Waals surface area contributed by atoms with Crippen LogP contribution in [-0.4, -0.2) is 42.7 Å². The van der Waals surface area contributed by atoms with E-state index in [-0.39, 0.29) is 0 Å². The van der Waals surface area contributed by atoms with E-state index in [4.69, 9.17) is 5.73 Å². The summed E-state index contributed by atoms with van der Waals surface area (Å²) in [6.07, 6.45) is 22.4. The predicted molar refractivity (Wildman–Crippen MR) is 129 cm³/mol. The molecule has 0 fully saturated rings. The zero-order valence-corrected chi connectivity index (χ0v) is 19.6. The lowest BCUT2D eigenvalue weighted by molar-refractivity contribution is 0.459. The van der Waals surface area contributed by atoms with Crippen molar-refractivity contribution in [2.45, 2.75) is 117 Å². The van der Waals surface area contributed by atoms with E-state index in [0.29, 0.717) is 18.3 Å². The Morgan fingerprint density at radius 1 is 0.724 bits per heavy atom. The van der Waals surface area contributed by atoms with E-state index in [1.807, 2.05) is 6.92 Å². The average molecular weight is 406 g/mol. The van der Waals surface area contributed by atoms with E-state index in [0.717, 1.165) is 12.4 Å². The van der Waals surface area contributed by atoms with Crippen LogP contribution >= 0.6 is 0 Å². The Morgan fingerprint density at radius 3 is 1.66 bits per heavy atom.